The highest BCUT2D eigenvalue weighted by Crippen LogP contribution is 2.40. The van der Waals surface area contributed by atoms with Gasteiger partial charge in [-0.25, -0.2) is 0 Å². The van der Waals surface area contributed by atoms with Crippen molar-refractivity contribution < 1.29 is 14.3 Å². The van der Waals surface area contributed by atoms with Crippen molar-refractivity contribution in [3.05, 3.63) is 57.1 Å². The van der Waals surface area contributed by atoms with Gasteiger partial charge in [0.25, 0.3) is 5.91 Å². The molecule has 118 valence electrons. The van der Waals surface area contributed by atoms with E-state index in [1.165, 1.54) is 11.1 Å². The fourth-order valence-electron chi connectivity index (χ4n) is 3.14. The highest BCUT2D eigenvalue weighted by Gasteiger charge is 2.26. The summed E-state index contributed by atoms with van der Waals surface area (Å²) in [5.41, 5.74) is 4.06. The van der Waals surface area contributed by atoms with Crippen molar-refractivity contribution >= 4 is 21.8 Å². The topological polar surface area (TPSA) is 47.6 Å². The Kier molecular flexibility index (Phi) is 3.73. The van der Waals surface area contributed by atoms with Crippen molar-refractivity contribution in [2.45, 2.75) is 19.4 Å². The first-order valence-electron chi connectivity index (χ1n) is 7.69. The summed E-state index contributed by atoms with van der Waals surface area (Å²) >= 11 is 3.38. The van der Waals surface area contributed by atoms with Crippen molar-refractivity contribution in [1.82, 2.24) is 5.32 Å². The van der Waals surface area contributed by atoms with Gasteiger partial charge in [0.05, 0.1) is 13.2 Å². The molecular formula is C18H16BrNO3. The minimum atomic E-state index is -0.0826. The predicted octanol–water partition coefficient (Wildman–Crippen LogP) is 3.25. The molecule has 2 aliphatic rings. The van der Waals surface area contributed by atoms with Gasteiger partial charge in [0, 0.05) is 46.1 Å². The number of ether oxygens (including phenoxy) is 2. The van der Waals surface area contributed by atoms with Crippen molar-refractivity contribution in [3.8, 4) is 11.5 Å². The molecule has 1 N–H and O–H groups in total. The smallest absolute Gasteiger partial charge is 0.251 e. The number of hydrogen-bond donors (Lipinski definition) is 1. The monoisotopic (exact) mass is 373 g/mol. The van der Waals surface area contributed by atoms with Gasteiger partial charge in [0.1, 0.15) is 11.5 Å². The number of amides is 1. The van der Waals surface area contributed by atoms with Gasteiger partial charge in [-0.3, -0.25) is 4.79 Å². The molecule has 0 bridgehead atoms. The third kappa shape index (κ3) is 2.70. The molecule has 0 saturated heterocycles. The van der Waals surface area contributed by atoms with E-state index in [0.717, 1.165) is 34.4 Å². The lowest BCUT2D eigenvalue weighted by Gasteiger charge is -2.13. The molecule has 2 heterocycles. The van der Waals surface area contributed by atoms with Gasteiger partial charge >= 0.3 is 0 Å². The predicted molar refractivity (Wildman–Crippen MR) is 90.2 cm³/mol. The lowest BCUT2D eigenvalue weighted by molar-refractivity contribution is 0.0950. The Bertz CT molecular complexity index is 739. The number of halogens is 1. The molecule has 5 heteroatoms. The van der Waals surface area contributed by atoms with Crippen LogP contribution in [-0.2, 0) is 19.4 Å². The van der Waals surface area contributed by atoms with Crippen LogP contribution in [0.25, 0.3) is 0 Å². The molecule has 0 aliphatic carbocycles. The minimum Gasteiger partial charge on any atom is -0.493 e. The first kappa shape index (κ1) is 14.6. The van der Waals surface area contributed by atoms with Crippen LogP contribution < -0.4 is 14.8 Å². The average molecular weight is 374 g/mol. The van der Waals surface area contributed by atoms with E-state index in [4.69, 9.17) is 9.47 Å². The molecule has 2 aromatic rings. The minimum absolute atomic E-state index is 0.0826. The highest BCUT2D eigenvalue weighted by atomic mass is 79.9. The molecule has 0 fully saturated rings. The van der Waals surface area contributed by atoms with Crippen LogP contribution in [-0.4, -0.2) is 19.1 Å². The summed E-state index contributed by atoms with van der Waals surface area (Å²) in [6.45, 7) is 1.86. The Morgan fingerprint density at radius 1 is 1.13 bits per heavy atom. The Balaban J connectivity index is 1.58. The Morgan fingerprint density at radius 2 is 1.91 bits per heavy atom. The van der Waals surface area contributed by atoms with Crippen LogP contribution in [0.15, 0.2) is 34.8 Å². The van der Waals surface area contributed by atoms with E-state index in [-0.39, 0.29) is 5.91 Å². The Labute approximate surface area is 142 Å². The SMILES string of the molecule is O=C(NCc1c2c(cc3c1OCC3)OCC2)c1ccc(Br)cc1. The quantitative estimate of drug-likeness (QED) is 0.898. The summed E-state index contributed by atoms with van der Waals surface area (Å²) in [5.74, 6) is 1.80. The van der Waals surface area contributed by atoms with Gasteiger partial charge in [0.2, 0.25) is 0 Å². The van der Waals surface area contributed by atoms with Crippen LogP contribution in [0.3, 0.4) is 0 Å². The van der Waals surface area contributed by atoms with E-state index in [2.05, 4.69) is 27.3 Å². The van der Waals surface area contributed by atoms with Crippen LogP contribution in [0, 0.1) is 0 Å². The second kappa shape index (κ2) is 5.89. The molecule has 0 saturated carbocycles. The van der Waals surface area contributed by atoms with E-state index in [1.54, 1.807) is 12.1 Å². The van der Waals surface area contributed by atoms with Gasteiger partial charge in [-0.2, -0.15) is 0 Å². The molecule has 2 aliphatic heterocycles. The Hall–Kier alpha value is -2.01. The number of benzene rings is 2. The molecule has 0 spiro atoms. The Morgan fingerprint density at radius 3 is 2.74 bits per heavy atom. The van der Waals surface area contributed by atoms with Gasteiger partial charge in [-0.05, 0) is 30.3 Å². The first-order chi connectivity index (χ1) is 11.2. The number of carbonyl (C=O) groups is 1. The summed E-state index contributed by atoms with van der Waals surface area (Å²) in [5, 5.41) is 3.00. The van der Waals surface area contributed by atoms with Gasteiger partial charge in [-0.15, -0.1) is 0 Å². The summed E-state index contributed by atoms with van der Waals surface area (Å²) in [6.07, 6.45) is 1.77. The zero-order valence-electron chi connectivity index (χ0n) is 12.5. The maximum atomic E-state index is 12.3. The molecular weight excluding hydrogens is 358 g/mol. The zero-order valence-corrected chi connectivity index (χ0v) is 14.1. The number of fused-ring (bicyclic) bond motifs is 2. The fourth-order valence-corrected chi connectivity index (χ4v) is 3.41. The van der Waals surface area contributed by atoms with Crippen LogP contribution in [0.2, 0.25) is 0 Å². The fraction of sp³-hybridized carbons (Fsp3) is 0.278. The molecule has 0 unspecified atom stereocenters. The number of hydrogen-bond acceptors (Lipinski definition) is 3. The molecule has 0 aromatic heterocycles. The van der Waals surface area contributed by atoms with Crippen molar-refractivity contribution in [2.75, 3.05) is 13.2 Å². The summed E-state index contributed by atoms with van der Waals surface area (Å²) in [6, 6.07) is 9.43. The molecule has 0 atom stereocenters. The molecule has 4 nitrogen and oxygen atoms in total. The molecule has 2 aromatic carbocycles. The first-order valence-corrected chi connectivity index (χ1v) is 8.48. The lowest BCUT2D eigenvalue weighted by atomic mass is 9.99. The molecule has 23 heavy (non-hydrogen) atoms. The molecule has 4 rings (SSSR count). The largest absolute Gasteiger partial charge is 0.493 e. The van der Waals surface area contributed by atoms with Crippen LogP contribution >= 0.6 is 15.9 Å². The highest BCUT2D eigenvalue weighted by molar-refractivity contribution is 9.10. The zero-order chi connectivity index (χ0) is 15.8. The third-order valence-electron chi connectivity index (χ3n) is 4.29. The van der Waals surface area contributed by atoms with E-state index in [9.17, 15) is 4.79 Å². The van der Waals surface area contributed by atoms with Gasteiger partial charge in [-0.1, -0.05) is 15.9 Å². The lowest BCUT2D eigenvalue weighted by Crippen LogP contribution is -2.23. The molecule has 1 amide bonds. The van der Waals surface area contributed by atoms with E-state index >= 15 is 0 Å². The van der Waals surface area contributed by atoms with E-state index in [1.807, 2.05) is 12.1 Å². The summed E-state index contributed by atoms with van der Waals surface area (Å²) in [4.78, 5) is 12.3. The average Bonchev–Trinajstić information content (AvgIpc) is 3.20. The van der Waals surface area contributed by atoms with Crippen LogP contribution in [0.4, 0.5) is 0 Å². The number of carbonyl (C=O) groups excluding carboxylic acids is 1. The van der Waals surface area contributed by atoms with E-state index < -0.39 is 0 Å². The van der Waals surface area contributed by atoms with Crippen molar-refractivity contribution in [2.24, 2.45) is 0 Å². The molecule has 0 radical (unpaired) electrons. The number of nitrogens with one attached hydrogen (secondary N) is 1. The maximum absolute atomic E-state index is 12.3. The second-order valence-corrected chi connectivity index (χ2v) is 6.62. The second-order valence-electron chi connectivity index (χ2n) is 5.71. The standard InChI is InChI=1S/C18H16BrNO3/c19-13-3-1-11(2-4-13)18(21)20-10-15-14-6-8-22-16(14)9-12-5-7-23-17(12)15/h1-4,9H,5-8,10H2,(H,20,21). The van der Waals surface area contributed by atoms with Crippen LogP contribution in [0.5, 0.6) is 11.5 Å². The maximum Gasteiger partial charge on any atom is 0.251 e. The van der Waals surface area contributed by atoms with Crippen LogP contribution in [0.1, 0.15) is 27.0 Å². The summed E-state index contributed by atoms with van der Waals surface area (Å²) in [7, 11) is 0. The van der Waals surface area contributed by atoms with Crippen molar-refractivity contribution in [1.29, 1.82) is 0 Å². The summed E-state index contributed by atoms with van der Waals surface area (Å²) < 4.78 is 12.4. The van der Waals surface area contributed by atoms with Crippen molar-refractivity contribution in [3.63, 3.8) is 0 Å². The third-order valence-corrected chi connectivity index (χ3v) is 4.82. The van der Waals surface area contributed by atoms with E-state index in [0.29, 0.717) is 25.3 Å². The van der Waals surface area contributed by atoms with Gasteiger partial charge < -0.3 is 14.8 Å². The normalized spacial score (nSPS) is 14.7. The number of rotatable bonds is 3. The van der Waals surface area contributed by atoms with Gasteiger partial charge in [0.15, 0.2) is 0 Å².